The number of hydrogen-bond acceptors (Lipinski definition) is 2. The fraction of sp³-hybridized carbons (Fsp3) is 0.667. The molecule has 0 aliphatic carbocycles. The van der Waals surface area contributed by atoms with Crippen LogP contribution >= 0.6 is 15.9 Å². The Labute approximate surface area is 73.6 Å². The molecule has 0 aliphatic rings. The minimum Gasteiger partial charge on any atom is -0.368 e. The van der Waals surface area contributed by atoms with E-state index in [-0.39, 0.29) is 5.91 Å². The second-order valence-corrected chi connectivity index (χ2v) is 2.92. The van der Waals surface area contributed by atoms with Crippen molar-refractivity contribution in [3.8, 4) is 0 Å². The van der Waals surface area contributed by atoms with E-state index in [9.17, 15) is 9.59 Å². The number of halogens is 1. The van der Waals surface area contributed by atoms with Crippen LogP contribution in [0, 0.1) is 0 Å². The van der Waals surface area contributed by atoms with Crippen LogP contribution in [0.1, 0.15) is 13.3 Å². The standard InChI is InChI=1S/C6H11BrN2O2/c1-4(6(8)11)9-5(10)2-3-7/h4H,2-3H2,1H3,(H2,8,11)(H,9,10). The van der Waals surface area contributed by atoms with Crippen LogP contribution in [0.2, 0.25) is 0 Å². The highest BCUT2D eigenvalue weighted by Crippen LogP contribution is 1.88. The summed E-state index contributed by atoms with van der Waals surface area (Å²) >= 11 is 3.10. The summed E-state index contributed by atoms with van der Waals surface area (Å²) < 4.78 is 0. The molecule has 0 aromatic carbocycles. The fourth-order valence-electron chi connectivity index (χ4n) is 0.471. The molecule has 0 saturated heterocycles. The van der Waals surface area contributed by atoms with Crippen LogP contribution in [0.4, 0.5) is 0 Å². The lowest BCUT2D eigenvalue weighted by molar-refractivity contribution is -0.126. The van der Waals surface area contributed by atoms with Crippen LogP contribution in [0.15, 0.2) is 0 Å². The third-order valence-corrected chi connectivity index (χ3v) is 1.52. The minimum absolute atomic E-state index is 0.173. The van der Waals surface area contributed by atoms with Gasteiger partial charge in [-0.05, 0) is 6.92 Å². The van der Waals surface area contributed by atoms with Gasteiger partial charge in [0.25, 0.3) is 0 Å². The Hall–Kier alpha value is -0.580. The van der Waals surface area contributed by atoms with Crippen LogP contribution in [-0.4, -0.2) is 23.2 Å². The number of rotatable bonds is 4. The topological polar surface area (TPSA) is 72.2 Å². The van der Waals surface area contributed by atoms with Crippen LogP contribution in [0.5, 0.6) is 0 Å². The Morgan fingerprint density at radius 3 is 2.55 bits per heavy atom. The second-order valence-electron chi connectivity index (χ2n) is 2.13. The number of primary amides is 1. The van der Waals surface area contributed by atoms with Gasteiger partial charge in [0.05, 0.1) is 0 Å². The number of amides is 2. The molecular formula is C6H11BrN2O2. The Kier molecular flexibility index (Phi) is 4.85. The van der Waals surface area contributed by atoms with Crippen LogP contribution in [0.3, 0.4) is 0 Å². The molecule has 0 saturated carbocycles. The van der Waals surface area contributed by atoms with Crippen molar-refractivity contribution in [2.45, 2.75) is 19.4 Å². The monoisotopic (exact) mass is 222 g/mol. The van der Waals surface area contributed by atoms with Gasteiger partial charge in [0, 0.05) is 11.8 Å². The van der Waals surface area contributed by atoms with E-state index in [1.807, 2.05) is 0 Å². The molecule has 64 valence electrons. The molecule has 0 bridgehead atoms. The number of carbonyl (C=O) groups excluding carboxylic acids is 2. The molecule has 2 amide bonds. The van der Waals surface area contributed by atoms with Gasteiger partial charge in [-0.2, -0.15) is 0 Å². The number of hydrogen-bond donors (Lipinski definition) is 2. The van der Waals surface area contributed by atoms with Gasteiger partial charge in [-0.25, -0.2) is 0 Å². The van der Waals surface area contributed by atoms with Crippen molar-refractivity contribution in [1.29, 1.82) is 0 Å². The van der Waals surface area contributed by atoms with Crippen molar-refractivity contribution in [3.05, 3.63) is 0 Å². The predicted molar refractivity (Wildman–Crippen MR) is 45.2 cm³/mol. The summed E-state index contributed by atoms with van der Waals surface area (Å²) in [6.45, 7) is 1.55. The Morgan fingerprint density at radius 2 is 2.18 bits per heavy atom. The predicted octanol–water partition coefficient (Wildman–Crippen LogP) is -0.239. The van der Waals surface area contributed by atoms with Gasteiger partial charge < -0.3 is 11.1 Å². The molecule has 0 fully saturated rings. The van der Waals surface area contributed by atoms with Crippen molar-refractivity contribution in [2.75, 3.05) is 5.33 Å². The molecule has 5 heteroatoms. The zero-order valence-electron chi connectivity index (χ0n) is 6.26. The summed E-state index contributed by atoms with van der Waals surface area (Å²) in [4.78, 5) is 21.2. The average Bonchev–Trinajstić information content (AvgIpc) is 1.87. The first-order chi connectivity index (χ1) is 5.07. The normalized spacial score (nSPS) is 12.2. The molecule has 0 spiro atoms. The van der Waals surface area contributed by atoms with Gasteiger partial charge >= 0.3 is 0 Å². The molecule has 11 heavy (non-hydrogen) atoms. The molecule has 1 atom stereocenters. The maximum Gasteiger partial charge on any atom is 0.239 e. The Bertz CT molecular complexity index is 161. The van der Waals surface area contributed by atoms with Crippen molar-refractivity contribution >= 4 is 27.7 Å². The summed E-state index contributed by atoms with van der Waals surface area (Å²) in [7, 11) is 0. The third kappa shape index (κ3) is 4.78. The van der Waals surface area contributed by atoms with Crippen molar-refractivity contribution < 1.29 is 9.59 Å². The van der Waals surface area contributed by atoms with E-state index in [1.165, 1.54) is 0 Å². The highest BCUT2D eigenvalue weighted by molar-refractivity contribution is 9.09. The number of carbonyl (C=O) groups is 2. The largest absolute Gasteiger partial charge is 0.368 e. The first-order valence-corrected chi connectivity index (χ1v) is 4.34. The lowest BCUT2D eigenvalue weighted by Crippen LogP contribution is -2.42. The highest BCUT2D eigenvalue weighted by atomic mass is 79.9. The molecule has 0 aromatic rings. The zero-order valence-corrected chi connectivity index (χ0v) is 7.85. The lowest BCUT2D eigenvalue weighted by atomic mass is 10.3. The molecule has 0 heterocycles. The van der Waals surface area contributed by atoms with Crippen LogP contribution in [-0.2, 0) is 9.59 Å². The Balaban J connectivity index is 3.66. The smallest absolute Gasteiger partial charge is 0.239 e. The van der Waals surface area contributed by atoms with Crippen molar-refractivity contribution in [3.63, 3.8) is 0 Å². The van der Waals surface area contributed by atoms with Gasteiger partial charge in [-0.15, -0.1) is 0 Å². The molecular weight excluding hydrogens is 212 g/mol. The number of alkyl halides is 1. The van der Waals surface area contributed by atoms with Crippen LogP contribution in [0.25, 0.3) is 0 Å². The van der Waals surface area contributed by atoms with E-state index < -0.39 is 11.9 Å². The maximum atomic E-state index is 10.8. The third-order valence-electron chi connectivity index (χ3n) is 1.13. The van der Waals surface area contributed by atoms with E-state index in [1.54, 1.807) is 6.92 Å². The molecule has 0 aromatic heterocycles. The zero-order chi connectivity index (χ0) is 8.85. The SMILES string of the molecule is CC(NC(=O)CCBr)C(N)=O. The van der Waals surface area contributed by atoms with Gasteiger partial charge in [0.2, 0.25) is 11.8 Å². The molecule has 0 radical (unpaired) electrons. The maximum absolute atomic E-state index is 10.8. The second kappa shape index (κ2) is 5.12. The minimum atomic E-state index is -0.582. The van der Waals surface area contributed by atoms with E-state index in [0.717, 1.165) is 0 Å². The fourth-order valence-corrected chi connectivity index (χ4v) is 0.831. The highest BCUT2D eigenvalue weighted by Gasteiger charge is 2.10. The van der Waals surface area contributed by atoms with Crippen LogP contribution < -0.4 is 11.1 Å². The number of nitrogens with two attached hydrogens (primary N) is 1. The lowest BCUT2D eigenvalue weighted by Gasteiger charge is -2.08. The van der Waals surface area contributed by atoms with E-state index >= 15 is 0 Å². The van der Waals surface area contributed by atoms with Gasteiger partial charge in [0.1, 0.15) is 6.04 Å². The summed E-state index contributed by atoms with van der Waals surface area (Å²) in [5.41, 5.74) is 4.92. The molecule has 1 unspecified atom stereocenters. The van der Waals surface area contributed by atoms with Gasteiger partial charge in [-0.3, -0.25) is 9.59 Å². The summed E-state index contributed by atoms with van der Waals surface area (Å²) in [5.74, 6) is -0.693. The summed E-state index contributed by atoms with van der Waals surface area (Å²) in [6.07, 6.45) is 0.359. The van der Waals surface area contributed by atoms with E-state index in [0.29, 0.717) is 11.8 Å². The average molecular weight is 223 g/mol. The first kappa shape index (κ1) is 10.4. The molecule has 0 rings (SSSR count). The Morgan fingerprint density at radius 1 is 1.64 bits per heavy atom. The molecule has 0 aliphatic heterocycles. The first-order valence-electron chi connectivity index (χ1n) is 3.22. The van der Waals surface area contributed by atoms with Crippen molar-refractivity contribution in [1.82, 2.24) is 5.32 Å². The van der Waals surface area contributed by atoms with Gasteiger partial charge in [0.15, 0.2) is 0 Å². The number of nitrogens with one attached hydrogen (secondary N) is 1. The quantitative estimate of drug-likeness (QED) is 0.645. The summed E-state index contributed by atoms with van der Waals surface area (Å²) in [5, 5.41) is 3.02. The summed E-state index contributed by atoms with van der Waals surface area (Å²) in [6, 6.07) is -0.582. The van der Waals surface area contributed by atoms with Crippen molar-refractivity contribution in [2.24, 2.45) is 5.73 Å². The van der Waals surface area contributed by atoms with Gasteiger partial charge in [-0.1, -0.05) is 15.9 Å². The van der Waals surface area contributed by atoms with E-state index in [2.05, 4.69) is 21.2 Å². The van der Waals surface area contributed by atoms with E-state index in [4.69, 9.17) is 5.73 Å². The molecule has 3 N–H and O–H groups in total. The molecule has 4 nitrogen and oxygen atoms in total.